The van der Waals surface area contributed by atoms with Gasteiger partial charge in [-0.2, -0.15) is 9.78 Å². The molecule has 0 atom stereocenters. The second-order valence-corrected chi connectivity index (χ2v) is 6.13. The highest BCUT2D eigenvalue weighted by molar-refractivity contribution is 7.99. The molecule has 0 aliphatic carbocycles. The van der Waals surface area contributed by atoms with Gasteiger partial charge >= 0.3 is 0 Å². The van der Waals surface area contributed by atoms with Crippen LogP contribution in [0.1, 0.15) is 12.5 Å². The zero-order valence-corrected chi connectivity index (χ0v) is 13.6. The molecule has 120 valence electrons. The molecule has 1 aromatic carbocycles. The van der Waals surface area contributed by atoms with Gasteiger partial charge in [-0.05, 0) is 29.8 Å². The Morgan fingerprint density at radius 2 is 2.08 bits per heavy atom. The van der Waals surface area contributed by atoms with E-state index in [1.54, 1.807) is 28.8 Å². The number of rotatable bonds is 3. The summed E-state index contributed by atoms with van der Waals surface area (Å²) in [6.45, 7) is 1.49. The topological polar surface area (TPSA) is 85.3 Å². The summed E-state index contributed by atoms with van der Waals surface area (Å²) in [5.41, 5.74) is 2.66. The molecule has 1 aliphatic heterocycles. The maximum Gasteiger partial charge on any atom is 0.221 e. The van der Waals surface area contributed by atoms with Gasteiger partial charge in [0.1, 0.15) is 0 Å². The van der Waals surface area contributed by atoms with Gasteiger partial charge in [0.15, 0.2) is 5.76 Å². The van der Waals surface area contributed by atoms with Crippen LogP contribution in [0.5, 0.6) is 0 Å². The van der Waals surface area contributed by atoms with E-state index in [2.05, 4.69) is 20.6 Å². The first-order valence-electron chi connectivity index (χ1n) is 7.29. The maximum atomic E-state index is 11.1. The van der Waals surface area contributed by atoms with Crippen molar-refractivity contribution >= 4 is 29.1 Å². The van der Waals surface area contributed by atoms with Crippen LogP contribution in [0.4, 0.5) is 5.69 Å². The molecule has 0 unspecified atom stereocenters. The van der Waals surface area contributed by atoms with Crippen molar-refractivity contribution in [2.45, 2.75) is 12.1 Å². The third-order valence-electron chi connectivity index (χ3n) is 3.45. The van der Waals surface area contributed by atoms with E-state index in [-0.39, 0.29) is 5.91 Å². The number of fused-ring (bicyclic) bond motifs is 1. The molecule has 0 saturated heterocycles. The molecule has 0 saturated carbocycles. The summed E-state index contributed by atoms with van der Waals surface area (Å²) >= 11 is 1.57. The second-order valence-electron chi connectivity index (χ2n) is 5.19. The van der Waals surface area contributed by atoms with E-state index >= 15 is 0 Å². The van der Waals surface area contributed by atoms with Crippen LogP contribution >= 0.6 is 11.8 Å². The summed E-state index contributed by atoms with van der Waals surface area (Å²) < 4.78 is 7.09. The highest BCUT2D eigenvalue weighted by Gasteiger charge is 2.21. The number of nitrogens with one attached hydrogen (secondary N) is 1. The largest absolute Gasteiger partial charge is 0.461 e. The average Bonchev–Trinajstić information content (AvgIpc) is 3.23. The number of carbonyl (C=O) groups is 1. The molecule has 0 spiro atoms. The molecular weight excluding hydrogens is 326 g/mol. The number of benzene rings is 1. The molecule has 4 rings (SSSR count). The van der Waals surface area contributed by atoms with Gasteiger partial charge in [0.2, 0.25) is 16.9 Å². The lowest BCUT2D eigenvalue weighted by atomic mass is 10.1. The van der Waals surface area contributed by atoms with Gasteiger partial charge in [-0.25, -0.2) is 0 Å². The fourth-order valence-corrected chi connectivity index (χ4v) is 3.22. The molecule has 0 fully saturated rings. The molecule has 0 bridgehead atoms. The van der Waals surface area contributed by atoms with Crippen molar-refractivity contribution in [3.8, 4) is 11.6 Å². The normalized spacial score (nSPS) is 13.3. The average molecular weight is 339 g/mol. The summed E-state index contributed by atoms with van der Waals surface area (Å²) in [6.07, 6.45) is 1.60. The Bertz CT molecular complexity index is 913. The number of nitrogens with zero attached hydrogens (tertiary/aromatic N) is 4. The molecular formula is C16H13N5O2S. The lowest BCUT2D eigenvalue weighted by Crippen LogP contribution is -2.14. The van der Waals surface area contributed by atoms with E-state index in [9.17, 15) is 4.79 Å². The summed E-state index contributed by atoms with van der Waals surface area (Å²) in [4.78, 5) is 11.1. The fraction of sp³-hybridized carbons (Fsp3) is 0.125. The lowest BCUT2D eigenvalue weighted by Gasteiger charge is -2.13. The van der Waals surface area contributed by atoms with Crippen molar-refractivity contribution in [1.29, 1.82) is 0 Å². The summed E-state index contributed by atoms with van der Waals surface area (Å²) in [5.74, 6) is 1.82. The van der Waals surface area contributed by atoms with E-state index < -0.39 is 0 Å². The molecule has 7 nitrogen and oxygen atoms in total. The predicted molar refractivity (Wildman–Crippen MR) is 91.1 cm³/mol. The van der Waals surface area contributed by atoms with Crippen LogP contribution in [0.3, 0.4) is 0 Å². The second kappa shape index (κ2) is 5.97. The number of hydrogen-bond donors (Lipinski definition) is 1. The standard InChI is InChI=1S/C16H13N5O2S/c1-10(22)17-12-6-4-11(5-7-12)13-9-24-16-19-18-15(21(16)20-13)14-3-2-8-23-14/h2-8H,9H2,1H3,(H,17,22). The van der Waals surface area contributed by atoms with Crippen molar-refractivity contribution in [2.75, 3.05) is 11.1 Å². The van der Waals surface area contributed by atoms with Crippen LogP contribution in [0.15, 0.2) is 57.3 Å². The van der Waals surface area contributed by atoms with Crippen LogP contribution in [0.2, 0.25) is 0 Å². The van der Waals surface area contributed by atoms with Gasteiger partial charge < -0.3 is 9.73 Å². The Morgan fingerprint density at radius 3 is 2.79 bits per heavy atom. The van der Waals surface area contributed by atoms with Gasteiger partial charge in [-0.1, -0.05) is 23.9 Å². The van der Waals surface area contributed by atoms with Crippen LogP contribution in [-0.4, -0.2) is 32.2 Å². The highest BCUT2D eigenvalue weighted by atomic mass is 32.2. The Labute approximate surface area is 141 Å². The van der Waals surface area contributed by atoms with E-state index in [4.69, 9.17) is 4.42 Å². The SMILES string of the molecule is CC(=O)Nc1ccc(C2=Nn3c(nnc3-c3ccco3)SC2)cc1. The van der Waals surface area contributed by atoms with Crippen molar-refractivity contribution in [3.63, 3.8) is 0 Å². The Kier molecular flexibility index (Phi) is 3.66. The van der Waals surface area contributed by atoms with Crippen LogP contribution in [-0.2, 0) is 4.79 Å². The Hall–Kier alpha value is -2.87. The predicted octanol–water partition coefficient (Wildman–Crippen LogP) is 2.85. The molecule has 2 aromatic heterocycles. The van der Waals surface area contributed by atoms with Gasteiger partial charge in [0.25, 0.3) is 0 Å². The van der Waals surface area contributed by atoms with Gasteiger partial charge in [0.05, 0.1) is 12.0 Å². The minimum absolute atomic E-state index is 0.0921. The van der Waals surface area contributed by atoms with Crippen LogP contribution in [0.25, 0.3) is 11.6 Å². The molecule has 1 aliphatic rings. The third kappa shape index (κ3) is 2.71. The molecule has 0 radical (unpaired) electrons. The monoisotopic (exact) mass is 339 g/mol. The number of furan rings is 1. The minimum atomic E-state index is -0.0921. The Balaban J connectivity index is 1.67. The van der Waals surface area contributed by atoms with E-state index in [0.29, 0.717) is 17.3 Å². The zero-order valence-electron chi connectivity index (χ0n) is 12.8. The van der Waals surface area contributed by atoms with Crippen LogP contribution in [0, 0.1) is 0 Å². The molecule has 1 N–H and O–H groups in total. The number of carbonyl (C=O) groups excluding carboxylic acids is 1. The van der Waals surface area contributed by atoms with E-state index in [1.165, 1.54) is 6.92 Å². The number of thioether (sulfide) groups is 1. The molecule has 3 aromatic rings. The van der Waals surface area contributed by atoms with E-state index in [0.717, 1.165) is 22.1 Å². The summed E-state index contributed by atoms with van der Waals surface area (Å²) in [7, 11) is 0. The van der Waals surface area contributed by atoms with Crippen LogP contribution < -0.4 is 5.32 Å². The summed E-state index contributed by atoms with van der Waals surface area (Å²) in [6, 6.07) is 11.2. The zero-order chi connectivity index (χ0) is 16.5. The van der Waals surface area contributed by atoms with Gasteiger partial charge in [-0.3, -0.25) is 4.79 Å². The first kappa shape index (κ1) is 14.7. The minimum Gasteiger partial charge on any atom is -0.461 e. The van der Waals surface area contributed by atoms with Crippen molar-refractivity contribution in [1.82, 2.24) is 14.9 Å². The first-order chi connectivity index (χ1) is 11.7. The van der Waals surface area contributed by atoms with Crippen molar-refractivity contribution in [2.24, 2.45) is 5.10 Å². The van der Waals surface area contributed by atoms with Crippen molar-refractivity contribution < 1.29 is 9.21 Å². The lowest BCUT2D eigenvalue weighted by molar-refractivity contribution is -0.114. The number of amides is 1. The highest BCUT2D eigenvalue weighted by Crippen LogP contribution is 2.28. The molecule has 3 heterocycles. The molecule has 1 amide bonds. The maximum absolute atomic E-state index is 11.1. The van der Waals surface area contributed by atoms with Crippen molar-refractivity contribution in [3.05, 3.63) is 48.2 Å². The quantitative estimate of drug-likeness (QED) is 0.793. The molecule has 24 heavy (non-hydrogen) atoms. The van der Waals surface area contributed by atoms with Gasteiger partial charge in [-0.15, -0.1) is 10.2 Å². The number of aromatic nitrogens is 3. The fourth-order valence-electron chi connectivity index (χ4n) is 2.38. The third-order valence-corrected chi connectivity index (χ3v) is 4.38. The number of anilines is 1. The van der Waals surface area contributed by atoms with E-state index in [1.807, 2.05) is 30.3 Å². The first-order valence-corrected chi connectivity index (χ1v) is 8.27. The summed E-state index contributed by atoms with van der Waals surface area (Å²) in [5, 5.41) is 16.5. The smallest absolute Gasteiger partial charge is 0.221 e. The Morgan fingerprint density at radius 1 is 1.25 bits per heavy atom. The number of hydrogen-bond acceptors (Lipinski definition) is 6. The molecule has 8 heteroatoms. The van der Waals surface area contributed by atoms with Gasteiger partial charge in [0, 0.05) is 18.4 Å².